The van der Waals surface area contributed by atoms with Gasteiger partial charge in [0.1, 0.15) is 0 Å². The average molecular weight is 283 g/mol. The third kappa shape index (κ3) is 3.39. The van der Waals surface area contributed by atoms with E-state index in [-0.39, 0.29) is 0 Å². The first-order valence-corrected chi connectivity index (χ1v) is 7.47. The van der Waals surface area contributed by atoms with E-state index in [0.717, 1.165) is 5.19 Å². The third-order valence-electron chi connectivity index (χ3n) is 3.39. The largest absolute Gasteiger partial charge is 0.0711 e. The van der Waals surface area contributed by atoms with Crippen LogP contribution in [0.15, 0.2) is 84.9 Å². The normalized spacial score (nSPS) is 10.1. The Balaban J connectivity index is 2.10. The molecule has 0 fully saturated rings. The molecule has 0 amide bonds. The lowest BCUT2D eigenvalue weighted by atomic mass is 9.96. The zero-order chi connectivity index (χ0) is 14.5. The molecule has 21 heavy (non-hydrogen) atoms. The topological polar surface area (TPSA) is 0 Å². The van der Waals surface area contributed by atoms with Crippen LogP contribution in [0.2, 0.25) is 0 Å². The molecule has 3 aromatic rings. The van der Waals surface area contributed by atoms with Gasteiger partial charge in [-0.05, 0) is 28.3 Å². The molecule has 0 atom stereocenters. The highest BCUT2D eigenvalue weighted by Gasteiger charge is 2.04. The first kappa shape index (κ1) is 13.6. The van der Waals surface area contributed by atoms with Crippen LogP contribution < -0.4 is 5.19 Å². The van der Waals surface area contributed by atoms with E-state index in [9.17, 15) is 0 Å². The highest BCUT2D eigenvalue weighted by atomic mass is 28.1. The van der Waals surface area contributed by atoms with Crippen molar-refractivity contribution in [3.8, 4) is 0 Å². The smallest absolute Gasteiger partial charge is 0.0673 e. The summed E-state index contributed by atoms with van der Waals surface area (Å²) in [4.78, 5) is 0. The molecule has 0 N–H and O–H groups in total. The maximum Gasteiger partial charge on any atom is 0.0711 e. The van der Waals surface area contributed by atoms with Gasteiger partial charge in [-0.1, -0.05) is 90.1 Å². The number of benzene rings is 3. The Morgan fingerprint density at radius 2 is 1.10 bits per heavy atom. The molecular weight excluding hydrogens is 268 g/mol. The maximum absolute atomic E-state index is 3.53. The Morgan fingerprint density at radius 3 is 1.57 bits per heavy atom. The third-order valence-corrected chi connectivity index (χ3v) is 3.72. The molecule has 0 saturated carbocycles. The SMILES string of the molecule is [Si]c1ccc(C=C(c2ccccc2)c2ccccc2)cc1. The molecule has 0 bridgehead atoms. The molecule has 3 aromatic carbocycles. The Bertz CT molecular complexity index is 684. The quantitative estimate of drug-likeness (QED) is 0.502. The molecule has 0 heterocycles. The number of hydrogen-bond acceptors (Lipinski definition) is 0. The zero-order valence-corrected chi connectivity index (χ0v) is 12.7. The molecular formula is C20H15Si. The summed E-state index contributed by atoms with van der Waals surface area (Å²) in [5, 5.41) is 1.09. The molecule has 0 saturated heterocycles. The molecule has 0 aromatic heterocycles. The second-order valence-corrected chi connectivity index (χ2v) is 5.49. The van der Waals surface area contributed by atoms with E-state index in [0.29, 0.717) is 0 Å². The van der Waals surface area contributed by atoms with Crippen molar-refractivity contribution < 1.29 is 0 Å². The molecule has 0 aliphatic rings. The van der Waals surface area contributed by atoms with Crippen LogP contribution in [0, 0.1) is 0 Å². The van der Waals surface area contributed by atoms with Crippen LogP contribution >= 0.6 is 0 Å². The fourth-order valence-corrected chi connectivity index (χ4v) is 2.48. The van der Waals surface area contributed by atoms with Gasteiger partial charge in [0.15, 0.2) is 0 Å². The van der Waals surface area contributed by atoms with Crippen LogP contribution in [0.4, 0.5) is 0 Å². The van der Waals surface area contributed by atoms with Gasteiger partial charge in [0.25, 0.3) is 0 Å². The molecule has 0 aliphatic carbocycles. The fraction of sp³-hybridized carbons (Fsp3) is 0. The van der Waals surface area contributed by atoms with Gasteiger partial charge in [-0.25, -0.2) is 0 Å². The Labute approximate surface area is 129 Å². The van der Waals surface area contributed by atoms with Gasteiger partial charge in [-0.2, -0.15) is 0 Å². The molecule has 3 radical (unpaired) electrons. The summed E-state index contributed by atoms with van der Waals surface area (Å²) in [7, 11) is 3.53. The van der Waals surface area contributed by atoms with Crippen molar-refractivity contribution in [3.63, 3.8) is 0 Å². The van der Waals surface area contributed by atoms with Crippen LogP contribution in [0.25, 0.3) is 11.6 Å². The second kappa shape index (κ2) is 6.38. The van der Waals surface area contributed by atoms with E-state index in [2.05, 4.69) is 89.1 Å². The standard InChI is InChI=1S/C20H15Si/c21-19-13-11-16(12-14-19)15-20(17-7-3-1-4-8-17)18-9-5-2-6-10-18/h1-15H. The minimum absolute atomic E-state index is 1.09. The number of hydrogen-bond donors (Lipinski definition) is 0. The van der Waals surface area contributed by atoms with E-state index >= 15 is 0 Å². The lowest BCUT2D eigenvalue weighted by Gasteiger charge is -2.09. The Hall–Kier alpha value is -2.38. The fourth-order valence-electron chi connectivity index (χ4n) is 2.31. The number of rotatable bonds is 3. The van der Waals surface area contributed by atoms with Crippen molar-refractivity contribution in [2.75, 3.05) is 0 Å². The van der Waals surface area contributed by atoms with E-state index < -0.39 is 0 Å². The zero-order valence-electron chi connectivity index (χ0n) is 11.7. The summed E-state index contributed by atoms with van der Waals surface area (Å²) in [6, 6.07) is 29.4. The lowest BCUT2D eigenvalue weighted by Crippen LogP contribution is -1.99. The Morgan fingerprint density at radius 1 is 0.619 bits per heavy atom. The highest BCUT2D eigenvalue weighted by Crippen LogP contribution is 2.25. The van der Waals surface area contributed by atoms with E-state index in [4.69, 9.17) is 0 Å². The van der Waals surface area contributed by atoms with Gasteiger partial charge in [0.05, 0.1) is 10.2 Å². The van der Waals surface area contributed by atoms with Gasteiger partial charge in [-0.3, -0.25) is 0 Å². The monoisotopic (exact) mass is 283 g/mol. The van der Waals surface area contributed by atoms with Crippen molar-refractivity contribution in [1.29, 1.82) is 0 Å². The molecule has 99 valence electrons. The molecule has 0 unspecified atom stereocenters. The first-order valence-electron chi connectivity index (χ1n) is 6.97. The van der Waals surface area contributed by atoms with Crippen molar-refractivity contribution in [3.05, 3.63) is 102 Å². The summed E-state index contributed by atoms with van der Waals surface area (Å²) in [5.41, 5.74) is 4.88. The van der Waals surface area contributed by atoms with Gasteiger partial charge in [0, 0.05) is 0 Å². The minimum Gasteiger partial charge on any atom is -0.0673 e. The van der Waals surface area contributed by atoms with Gasteiger partial charge in [0.2, 0.25) is 0 Å². The maximum atomic E-state index is 3.53. The van der Waals surface area contributed by atoms with E-state index in [1.165, 1.54) is 22.3 Å². The van der Waals surface area contributed by atoms with Crippen LogP contribution in [0.5, 0.6) is 0 Å². The summed E-state index contributed by atoms with van der Waals surface area (Å²) in [5.74, 6) is 0. The predicted octanol–water partition coefficient (Wildman–Crippen LogP) is 4.07. The Kier molecular flexibility index (Phi) is 4.13. The second-order valence-electron chi connectivity index (χ2n) is 4.91. The van der Waals surface area contributed by atoms with E-state index in [1.807, 2.05) is 12.1 Å². The molecule has 3 rings (SSSR count). The van der Waals surface area contributed by atoms with Crippen LogP contribution in [0.1, 0.15) is 16.7 Å². The molecule has 0 aliphatic heterocycles. The first-order chi connectivity index (χ1) is 10.3. The van der Waals surface area contributed by atoms with Gasteiger partial charge < -0.3 is 0 Å². The van der Waals surface area contributed by atoms with Crippen LogP contribution in [-0.4, -0.2) is 10.2 Å². The molecule has 0 spiro atoms. The van der Waals surface area contributed by atoms with Crippen molar-refractivity contribution in [2.24, 2.45) is 0 Å². The summed E-state index contributed by atoms with van der Waals surface area (Å²) >= 11 is 0. The summed E-state index contributed by atoms with van der Waals surface area (Å²) in [6.45, 7) is 0. The minimum atomic E-state index is 1.09. The van der Waals surface area contributed by atoms with Crippen LogP contribution in [0.3, 0.4) is 0 Å². The van der Waals surface area contributed by atoms with Gasteiger partial charge >= 0.3 is 0 Å². The van der Waals surface area contributed by atoms with Crippen molar-refractivity contribution in [1.82, 2.24) is 0 Å². The van der Waals surface area contributed by atoms with Crippen molar-refractivity contribution in [2.45, 2.75) is 0 Å². The highest BCUT2D eigenvalue weighted by molar-refractivity contribution is 6.32. The lowest BCUT2D eigenvalue weighted by molar-refractivity contribution is 1.55. The van der Waals surface area contributed by atoms with Gasteiger partial charge in [-0.15, -0.1) is 0 Å². The van der Waals surface area contributed by atoms with Crippen molar-refractivity contribution >= 4 is 27.1 Å². The molecule has 1 heteroatoms. The predicted molar refractivity (Wildman–Crippen MR) is 91.7 cm³/mol. The van der Waals surface area contributed by atoms with Crippen LogP contribution in [-0.2, 0) is 0 Å². The van der Waals surface area contributed by atoms with E-state index in [1.54, 1.807) is 0 Å². The molecule has 0 nitrogen and oxygen atoms in total. The summed E-state index contributed by atoms with van der Waals surface area (Å²) in [6.07, 6.45) is 2.23. The summed E-state index contributed by atoms with van der Waals surface area (Å²) < 4.78 is 0. The average Bonchev–Trinajstić information content (AvgIpc) is 2.56.